The van der Waals surface area contributed by atoms with Crippen molar-refractivity contribution in [2.45, 2.75) is 43.9 Å². The van der Waals surface area contributed by atoms with Gasteiger partial charge in [-0.15, -0.1) is 0 Å². The van der Waals surface area contributed by atoms with E-state index in [0.29, 0.717) is 0 Å². The van der Waals surface area contributed by atoms with Crippen molar-refractivity contribution in [3.8, 4) is 0 Å². The molecule has 70 valence electrons. The van der Waals surface area contributed by atoms with Gasteiger partial charge in [-0.2, -0.15) is 0 Å². The highest BCUT2D eigenvalue weighted by atomic mass is 16.6. The van der Waals surface area contributed by atoms with Gasteiger partial charge in [0.1, 0.15) is 5.60 Å². The van der Waals surface area contributed by atoms with Crippen LogP contribution in [0.15, 0.2) is 0 Å². The van der Waals surface area contributed by atoms with E-state index in [0.717, 1.165) is 32.5 Å². The predicted octanol–water partition coefficient (Wildman–Crippen LogP) is 0.672. The predicted molar refractivity (Wildman–Crippen MR) is 45.9 cm³/mol. The quantitative estimate of drug-likeness (QED) is 0.664. The second-order valence-electron chi connectivity index (χ2n) is 3.69. The molecule has 0 amide bonds. The van der Waals surface area contributed by atoms with Crippen molar-refractivity contribution in [3.63, 3.8) is 0 Å². The number of ether oxygens (including phenoxy) is 2. The van der Waals surface area contributed by atoms with Crippen LogP contribution < -0.4 is 5.73 Å². The largest absolute Gasteiger partial charge is 0.375 e. The molecule has 12 heavy (non-hydrogen) atoms. The topological polar surface area (TPSA) is 44.5 Å². The van der Waals surface area contributed by atoms with Crippen molar-refractivity contribution in [1.29, 1.82) is 0 Å². The Morgan fingerprint density at radius 1 is 1.67 bits per heavy atom. The Hall–Kier alpha value is -0.120. The molecule has 1 aliphatic heterocycles. The molecule has 1 aliphatic carbocycles. The van der Waals surface area contributed by atoms with Gasteiger partial charge in [-0.1, -0.05) is 0 Å². The molecule has 3 atom stereocenters. The van der Waals surface area contributed by atoms with Gasteiger partial charge in [0.2, 0.25) is 0 Å². The number of rotatable bonds is 2. The van der Waals surface area contributed by atoms with E-state index >= 15 is 0 Å². The molecule has 1 saturated carbocycles. The van der Waals surface area contributed by atoms with Crippen LogP contribution >= 0.6 is 0 Å². The minimum absolute atomic E-state index is 0.101. The summed E-state index contributed by atoms with van der Waals surface area (Å²) < 4.78 is 11.3. The maximum absolute atomic E-state index is 5.93. The normalized spacial score (nSPS) is 46.5. The van der Waals surface area contributed by atoms with Crippen molar-refractivity contribution < 1.29 is 9.47 Å². The Balaban J connectivity index is 2.00. The summed E-state index contributed by atoms with van der Waals surface area (Å²) in [6.45, 7) is 3.65. The zero-order valence-electron chi connectivity index (χ0n) is 7.58. The summed E-state index contributed by atoms with van der Waals surface area (Å²) in [6, 6.07) is 0.205. The summed E-state index contributed by atoms with van der Waals surface area (Å²) in [6.07, 6.45) is 3.45. The Bertz CT molecular complexity index is 164. The molecule has 3 unspecified atom stereocenters. The lowest BCUT2D eigenvalue weighted by atomic mass is 9.70. The van der Waals surface area contributed by atoms with Crippen LogP contribution in [0.3, 0.4) is 0 Å². The van der Waals surface area contributed by atoms with Crippen molar-refractivity contribution in [3.05, 3.63) is 0 Å². The van der Waals surface area contributed by atoms with Gasteiger partial charge in [0.05, 0.1) is 6.10 Å². The molecular weight excluding hydrogens is 154 g/mol. The molecule has 2 rings (SSSR count). The average Bonchev–Trinajstić information content (AvgIpc) is 2.55. The maximum Gasteiger partial charge on any atom is 0.109 e. The third kappa shape index (κ3) is 1.00. The van der Waals surface area contributed by atoms with E-state index in [9.17, 15) is 0 Å². The number of hydrogen-bond acceptors (Lipinski definition) is 3. The molecule has 0 aromatic rings. The summed E-state index contributed by atoms with van der Waals surface area (Å²) in [5.41, 5.74) is 5.83. The number of nitrogens with two attached hydrogens (primary N) is 1. The fourth-order valence-electron chi connectivity index (χ4n) is 2.35. The molecule has 3 heteroatoms. The fourth-order valence-corrected chi connectivity index (χ4v) is 2.35. The van der Waals surface area contributed by atoms with Crippen LogP contribution in [0.5, 0.6) is 0 Å². The van der Waals surface area contributed by atoms with E-state index in [-0.39, 0.29) is 17.7 Å². The monoisotopic (exact) mass is 171 g/mol. The minimum Gasteiger partial charge on any atom is -0.375 e. The van der Waals surface area contributed by atoms with Crippen LogP contribution in [0, 0.1) is 0 Å². The van der Waals surface area contributed by atoms with Crippen LogP contribution in [0.2, 0.25) is 0 Å². The summed E-state index contributed by atoms with van der Waals surface area (Å²) in [7, 11) is 0. The zero-order valence-corrected chi connectivity index (χ0v) is 7.58. The van der Waals surface area contributed by atoms with Gasteiger partial charge in [0, 0.05) is 19.3 Å². The van der Waals surface area contributed by atoms with Crippen LogP contribution in [-0.2, 0) is 9.47 Å². The Kier molecular flexibility index (Phi) is 2.10. The maximum atomic E-state index is 5.93. The lowest BCUT2D eigenvalue weighted by Crippen LogP contribution is -2.67. The Labute approximate surface area is 73.2 Å². The van der Waals surface area contributed by atoms with Crippen LogP contribution in [0.1, 0.15) is 26.2 Å². The second-order valence-corrected chi connectivity index (χ2v) is 3.69. The van der Waals surface area contributed by atoms with Crippen molar-refractivity contribution >= 4 is 0 Å². The molecule has 0 radical (unpaired) electrons. The molecule has 1 saturated heterocycles. The van der Waals surface area contributed by atoms with Gasteiger partial charge in [0.15, 0.2) is 0 Å². The van der Waals surface area contributed by atoms with Gasteiger partial charge >= 0.3 is 0 Å². The SMILES string of the molecule is CCOC1CC(N)C12CCCO2. The average molecular weight is 171 g/mol. The minimum atomic E-state index is -0.101. The van der Waals surface area contributed by atoms with Crippen LogP contribution in [-0.4, -0.2) is 31.0 Å². The van der Waals surface area contributed by atoms with Gasteiger partial charge in [-0.05, 0) is 26.2 Å². The lowest BCUT2D eigenvalue weighted by Gasteiger charge is -2.50. The molecule has 1 heterocycles. The van der Waals surface area contributed by atoms with E-state index in [4.69, 9.17) is 15.2 Å². The van der Waals surface area contributed by atoms with Gasteiger partial charge < -0.3 is 15.2 Å². The van der Waals surface area contributed by atoms with E-state index in [2.05, 4.69) is 0 Å². The molecule has 3 nitrogen and oxygen atoms in total. The summed E-state index contributed by atoms with van der Waals surface area (Å²) in [4.78, 5) is 0. The summed E-state index contributed by atoms with van der Waals surface area (Å²) >= 11 is 0. The molecule has 2 fully saturated rings. The highest BCUT2D eigenvalue weighted by Crippen LogP contribution is 2.44. The first-order valence-corrected chi connectivity index (χ1v) is 4.81. The molecule has 0 bridgehead atoms. The van der Waals surface area contributed by atoms with Crippen LogP contribution in [0.25, 0.3) is 0 Å². The standard InChI is InChI=1S/C9H17NO2/c1-2-11-8-6-7(10)9(8)4-3-5-12-9/h7-8H,2-6,10H2,1H3. The number of hydrogen-bond donors (Lipinski definition) is 1. The molecule has 2 aliphatic rings. The van der Waals surface area contributed by atoms with Gasteiger partial charge in [0.25, 0.3) is 0 Å². The molecule has 0 aromatic carbocycles. The van der Waals surface area contributed by atoms with Crippen molar-refractivity contribution in [2.75, 3.05) is 13.2 Å². The van der Waals surface area contributed by atoms with Gasteiger partial charge in [-0.25, -0.2) is 0 Å². The van der Waals surface area contributed by atoms with Gasteiger partial charge in [-0.3, -0.25) is 0 Å². The lowest BCUT2D eigenvalue weighted by molar-refractivity contribution is -0.189. The smallest absolute Gasteiger partial charge is 0.109 e. The van der Waals surface area contributed by atoms with Crippen molar-refractivity contribution in [2.24, 2.45) is 5.73 Å². The van der Waals surface area contributed by atoms with E-state index in [1.165, 1.54) is 0 Å². The molecule has 2 N–H and O–H groups in total. The zero-order chi connectivity index (χ0) is 8.60. The Morgan fingerprint density at radius 2 is 2.50 bits per heavy atom. The highest BCUT2D eigenvalue weighted by Gasteiger charge is 2.56. The Morgan fingerprint density at radius 3 is 3.00 bits per heavy atom. The summed E-state index contributed by atoms with van der Waals surface area (Å²) in [5.74, 6) is 0. The fraction of sp³-hybridized carbons (Fsp3) is 1.00. The second kappa shape index (κ2) is 2.98. The molecular formula is C9H17NO2. The molecule has 1 spiro atoms. The third-order valence-electron chi connectivity index (χ3n) is 3.09. The molecule has 0 aromatic heterocycles. The first kappa shape index (κ1) is 8.48. The van der Waals surface area contributed by atoms with E-state index in [1.807, 2.05) is 6.92 Å². The first-order chi connectivity index (χ1) is 5.79. The van der Waals surface area contributed by atoms with Crippen molar-refractivity contribution in [1.82, 2.24) is 0 Å². The van der Waals surface area contributed by atoms with Crippen LogP contribution in [0.4, 0.5) is 0 Å². The van der Waals surface area contributed by atoms with E-state index in [1.54, 1.807) is 0 Å². The third-order valence-corrected chi connectivity index (χ3v) is 3.09. The summed E-state index contributed by atoms with van der Waals surface area (Å²) in [5, 5.41) is 0. The first-order valence-electron chi connectivity index (χ1n) is 4.81. The van der Waals surface area contributed by atoms with E-state index < -0.39 is 0 Å². The highest BCUT2D eigenvalue weighted by molar-refractivity contribution is 5.11.